The topological polar surface area (TPSA) is 168 Å². The van der Waals surface area contributed by atoms with Crippen LogP contribution in [0.3, 0.4) is 0 Å². The number of hydrogen-bond donors (Lipinski definition) is 2. The summed E-state index contributed by atoms with van der Waals surface area (Å²) in [6.07, 6.45) is 7.03. The summed E-state index contributed by atoms with van der Waals surface area (Å²) in [5.41, 5.74) is 2.22. The Hall–Kier alpha value is -5.45. The molecule has 4 aliphatic heterocycles. The number of carbonyl (C=O) groups is 4. The van der Waals surface area contributed by atoms with Crippen molar-refractivity contribution in [2.24, 2.45) is 5.41 Å². The van der Waals surface area contributed by atoms with Gasteiger partial charge in [-0.05, 0) is 106 Å². The van der Waals surface area contributed by atoms with Gasteiger partial charge in [-0.15, -0.1) is 0 Å². The Morgan fingerprint density at radius 3 is 2.50 bits per heavy atom. The predicted molar refractivity (Wildman–Crippen MR) is 248 cm³/mol. The average Bonchev–Trinajstić information content (AvgIpc) is 3.60. The first-order chi connectivity index (χ1) is 31.6. The first kappa shape index (κ1) is 45.7. The molecule has 17 heteroatoms. The van der Waals surface area contributed by atoms with Crippen LogP contribution in [0.1, 0.15) is 119 Å². The van der Waals surface area contributed by atoms with Gasteiger partial charge in [0.15, 0.2) is 17.4 Å². The Bertz CT molecular complexity index is 2640. The van der Waals surface area contributed by atoms with Crippen LogP contribution in [0.4, 0.5) is 21.8 Å². The lowest BCUT2D eigenvalue weighted by molar-refractivity contribution is -0.137. The normalized spacial score (nSPS) is 23.5. The molecule has 2 atom stereocenters. The molecule has 2 aromatic heterocycles. The van der Waals surface area contributed by atoms with E-state index in [0.29, 0.717) is 51.6 Å². The van der Waals surface area contributed by atoms with E-state index in [1.54, 1.807) is 35.9 Å². The molecule has 0 radical (unpaired) electrons. The quantitative estimate of drug-likeness (QED) is 0.131. The fourth-order valence-electron chi connectivity index (χ4n) is 10.6. The summed E-state index contributed by atoms with van der Waals surface area (Å²) in [5.74, 6) is -0.536. The molecule has 66 heavy (non-hydrogen) atoms. The fraction of sp³-hybridized carbons (Fsp3) is 0.531. The number of nitrogens with one attached hydrogen (secondary N) is 2. The van der Waals surface area contributed by atoms with Gasteiger partial charge in [-0.1, -0.05) is 38.4 Å². The Labute approximate surface area is 388 Å². The molecule has 6 heterocycles. The van der Waals surface area contributed by atoms with Crippen LogP contribution in [0.25, 0.3) is 10.9 Å². The third-order valence-electron chi connectivity index (χ3n) is 14.3. The van der Waals surface area contributed by atoms with Crippen molar-refractivity contribution in [2.45, 2.75) is 129 Å². The molecule has 2 unspecified atom stereocenters. The highest BCUT2D eigenvalue weighted by Gasteiger charge is 2.46. The van der Waals surface area contributed by atoms with E-state index in [1.807, 2.05) is 32.0 Å². The molecule has 1 saturated carbocycles. The van der Waals surface area contributed by atoms with Crippen LogP contribution in [-0.2, 0) is 25.7 Å². The van der Waals surface area contributed by atoms with Crippen molar-refractivity contribution in [3.8, 4) is 5.75 Å². The van der Waals surface area contributed by atoms with Crippen molar-refractivity contribution in [1.82, 2.24) is 29.7 Å². The number of hydrogen-bond acceptors (Lipinski definition) is 12. The fourth-order valence-corrected chi connectivity index (χ4v) is 10.7. The summed E-state index contributed by atoms with van der Waals surface area (Å²) in [4.78, 5) is 78.3. The van der Waals surface area contributed by atoms with Crippen LogP contribution in [-0.4, -0.2) is 105 Å². The van der Waals surface area contributed by atoms with Gasteiger partial charge in [-0.2, -0.15) is 4.98 Å². The summed E-state index contributed by atoms with van der Waals surface area (Å²) in [6.45, 7) is 13.0. The lowest BCUT2D eigenvalue weighted by Gasteiger charge is -2.51. The molecule has 3 amide bonds. The lowest BCUT2D eigenvalue weighted by atomic mass is 9.69. The number of imide groups is 1. The van der Waals surface area contributed by atoms with Gasteiger partial charge in [0.05, 0.1) is 30.5 Å². The second-order valence-corrected chi connectivity index (χ2v) is 19.9. The molecule has 350 valence electrons. The molecule has 9 rings (SSSR count). The van der Waals surface area contributed by atoms with Crippen molar-refractivity contribution in [2.75, 3.05) is 43.0 Å². The SMILES string of the molecule is CCC(=O)COc1cc2cc(Nc3nc(N4CCC(OC5CC(N6CCC(c7ccc8c(c7F)CN(C7CCC(=O)NC7=O)C8=O)C(C)(C)C6)C5)CC4)ncc3Cl)ccc2n(C(C)C)c1=O. The van der Waals surface area contributed by atoms with E-state index in [-0.39, 0.29) is 90.3 Å². The number of likely N-dealkylation sites (tertiary alicyclic amines) is 1. The van der Waals surface area contributed by atoms with Gasteiger partial charge < -0.3 is 29.2 Å². The van der Waals surface area contributed by atoms with E-state index in [1.165, 1.54) is 4.90 Å². The number of aromatic nitrogens is 3. The molecular formula is C49H58ClFN8O7. The second kappa shape index (κ2) is 18.3. The van der Waals surface area contributed by atoms with E-state index in [0.717, 1.165) is 69.2 Å². The third kappa shape index (κ3) is 8.91. The third-order valence-corrected chi connectivity index (χ3v) is 14.6. The van der Waals surface area contributed by atoms with Crippen molar-refractivity contribution in [3.63, 3.8) is 0 Å². The van der Waals surface area contributed by atoms with E-state index in [9.17, 15) is 24.0 Å². The summed E-state index contributed by atoms with van der Waals surface area (Å²) in [5, 5.41) is 6.78. The maximum Gasteiger partial charge on any atom is 0.293 e. The number of rotatable bonds is 13. The van der Waals surface area contributed by atoms with Crippen molar-refractivity contribution in [3.05, 3.63) is 80.5 Å². The number of carbonyl (C=O) groups excluding carboxylic acids is 4. The van der Waals surface area contributed by atoms with Gasteiger partial charge in [-0.25, -0.2) is 9.37 Å². The predicted octanol–water partition coefficient (Wildman–Crippen LogP) is 7.06. The van der Waals surface area contributed by atoms with Crippen LogP contribution in [0.5, 0.6) is 5.75 Å². The number of ether oxygens (including phenoxy) is 2. The summed E-state index contributed by atoms with van der Waals surface area (Å²) in [6, 6.07) is 10.3. The summed E-state index contributed by atoms with van der Waals surface area (Å²) in [7, 11) is 0. The van der Waals surface area contributed by atoms with Crippen LogP contribution in [0.15, 0.2) is 47.4 Å². The van der Waals surface area contributed by atoms with E-state index in [2.05, 4.69) is 39.3 Å². The van der Waals surface area contributed by atoms with E-state index >= 15 is 4.39 Å². The minimum Gasteiger partial charge on any atom is -0.480 e. The highest BCUT2D eigenvalue weighted by molar-refractivity contribution is 6.33. The molecule has 2 N–H and O–H groups in total. The zero-order chi connectivity index (χ0) is 46.6. The summed E-state index contributed by atoms with van der Waals surface area (Å²) < 4.78 is 30.3. The van der Waals surface area contributed by atoms with Crippen LogP contribution in [0, 0.1) is 11.2 Å². The number of pyridine rings is 1. The minimum absolute atomic E-state index is 0.0257. The van der Waals surface area contributed by atoms with E-state index < -0.39 is 11.9 Å². The zero-order valence-corrected chi connectivity index (χ0v) is 39.0. The molecule has 1 aliphatic carbocycles. The molecule has 15 nitrogen and oxygen atoms in total. The smallest absolute Gasteiger partial charge is 0.293 e. The molecule has 4 aromatic rings. The highest BCUT2D eigenvalue weighted by Crippen LogP contribution is 2.47. The Kier molecular flexibility index (Phi) is 12.7. The second-order valence-electron chi connectivity index (χ2n) is 19.5. The molecule has 4 fully saturated rings. The number of fused-ring (bicyclic) bond motifs is 2. The highest BCUT2D eigenvalue weighted by atomic mass is 35.5. The monoisotopic (exact) mass is 924 g/mol. The number of anilines is 3. The Balaban J connectivity index is 0.767. The zero-order valence-electron chi connectivity index (χ0n) is 38.2. The summed E-state index contributed by atoms with van der Waals surface area (Å²) >= 11 is 6.61. The lowest BCUT2D eigenvalue weighted by Crippen LogP contribution is -2.55. The molecular weight excluding hydrogens is 867 g/mol. The number of halogens is 2. The van der Waals surface area contributed by atoms with Crippen molar-refractivity contribution >= 4 is 63.5 Å². The van der Waals surface area contributed by atoms with Crippen molar-refractivity contribution in [1.29, 1.82) is 0 Å². The van der Waals surface area contributed by atoms with E-state index in [4.69, 9.17) is 26.1 Å². The number of ketones is 1. The van der Waals surface area contributed by atoms with Crippen LogP contribution in [0.2, 0.25) is 5.02 Å². The largest absolute Gasteiger partial charge is 0.480 e. The van der Waals surface area contributed by atoms with Gasteiger partial charge >= 0.3 is 0 Å². The first-order valence-corrected chi connectivity index (χ1v) is 23.7. The Morgan fingerprint density at radius 1 is 1.02 bits per heavy atom. The Morgan fingerprint density at radius 2 is 1.79 bits per heavy atom. The number of piperidine rings is 3. The molecule has 2 aromatic carbocycles. The van der Waals surface area contributed by atoms with Gasteiger partial charge in [0.1, 0.15) is 23.5 Å². The molecule has 0 spiro atoms. The van der Waals surface area contributed by atoms with Gasteiger partial charge in [0, 0.05) is 66.8 Å². The van der Waals surface area contributed by atoms with Crippen LogP contribution < -0.4 is 25.8 Å². The van der Waals surface area contributed by atoms with Crippen LogP contribution >= 0.6 is 11.6 Å². The molecule has 5 aliphatic rings. The molecule has 3 saturated heterocycles. The number of amides is 3. The average molecular weight is 926 g/mol. The minimum atomic E-state index is -0.780. The standard InChI is InChI=1S/C49H58ClFN8O7/c1-6-31(60)25-65-41-20-28-19-29(7-10-39(28)59(27(2)3)47(41)64)53-44-38(50)23-52-48(55-44)56-16-13-32(14-17-56)66-33-21-30(22-33)57-18-15-37(49(4,5)26-57)35-9-8-34-36(43(35)51)24-58(46(34)63)40-11-12-42(61)54-45(40)62/h7-10,19-20,23,27,30,32-33,37,40H,6,11-18,21-22,24-26H2,1-5H3,(H,52,53,55)(H,54,61,62). The number of Topliss-reactive ketones (excluding diaryl/α,β-unsaturated/α-hetero) is 1. The maximum absolute atomic E-state index is 16.4. The first-order valence-electron chi connectivity index (χ1n) is 23.3. The molecule has 0 bridgehead atoms. The maximum atomic E-state index is 16.4. The number of nitrogens with zero attached hydrogens (tertiary/aromatic N) is 6. The number of benzene rings is 2. The van der Waals surface area contributed by atoms with Gasteiger partial charge in [0.25, 0.3) is 11.5 Å². The van der Waals surface area contributed by atoms with Gasteiger partial charge in [-0.3, -0.25) is 34.2 Å². The van der Waals surface area contributed by atoms with Crippen molar-refractivity contribution < 1.29 is 33.0 Å². The van der Waals surface area contributed by atoms with Gasteiger partial charge in [0.2, 0.25) is 17.8 Å².